The van der Waals surface area contributed by atoms with E-state index in [1.54, 1.807) is 34.7 Å². The van der Waals surface area contributed by atoms with E-state index in [4.69, 9.17) is 39.5 Å². The highest BCUT2D eigenvalue weighted by Crippen LogP contribution is 2.32. The molecule has 6 nitrogen and oxygen atoms in total. The topological polar surface area (TPSA) is 72.7 Å². The summed E-state index contributed by atoms with van der Waals surface area (Å²) in [4.78, 5) is 30.2. The average molecular weight is 525 g/mol. The molecule has 4 rings (SSSR count). The van der Waals surface area contributed by atoms with Gasteiger partial charge in [-0.15, -0.1) is 0 Å². The van der Waals surface area contributed by atoms with E-state index in [-0.39, 0.29) is 23.8 Å². The van der Waals surface area contributed by atoms with Crippen molar-refractivity contribution < 1.29 is 9.53 Å². The number of thiazole rings is 1. The lowest BCUT2D eigenvalue weighted by molar-refractivity contribution is -0.124. The minimum atomic E-state index is -1.86. The number of nitrogens with zero attached hydrogens (tertiary/aromatic N) is 2. The number of amides is 1. The van der Waals surface area contributed by atoms with Crippen LogP contribution in [0.25, 0.3) is 22.1 Å². The molecule has 1 atom stereocenters. The summed E-state index contributed by atoms with van der Waals surface area (Å²) >= 11 is 19.3. The lowest BCUT2D eigenvalue weighted by atomic mass is 10.1. The predicted octanol–water partition coefficient (Wildman–Crippen LogP) is 4.69. The molecule has 0 radical (unpaired) electrons. The van der Waals surface area contributed by atoms with Crippen LogP contribution >= 0.6 is 46.1 Å². The van der Waals surface area contributed by atoms with Gasteiger partial charge in [-0.25, -0.2) is 9.38 Å². The van der Waals surface area contributed by atoms with Gasteiger partial charge in [0.05, 0.1) is 15.6 Å². The Kier molecular flexibility index (Phi) is 6.86. The van der Waals surface area contributed by atoms with E-state index in [1.807, 2.05) is 38.1 Å². The molecule has 4 aromatic rings. The number of carbonyl (C=O) groups excluding carboxylic acids is 1. The second-order valence-electron chi connectivity index (χ2n) is 7.91. The normalized spacial score (nSPS) is 13.7. The van der Waals surface area contributed by atoms with Gasteiger partial charge >= 0.3 is 0 Å². The zero-order valence-corrected chi connectivity index (χ0v) is 20.8. The fraction of sp³-hybridized carbons (Fsp3) is 0.261. The Morgan fingerprint density at radius 1 is 1.18 bits per heavy atom. The van der Waals surface area contributed by atoms with E-state index < -0.39 is 10.0 Å². The number of imidazole rings is 1. The zero-order valence-electron chi connectivity index (χ0n) is 17.7. The quantitative estimate of drug-likeness (QED) is 0.293. The van der Waals surface area contributed by atoms with Gasteiger partial charge in [-0.05, 0) is 41.8 Å². The number of carbonyl (C=O) groups is 1. The first-order chi connectivity index (χ1) is 15.6. The number of hydrogen-bond donors (Lipinski definition) is 1. The number of para-hydroxylation sites is 2. The van der Waals surface area contributed by atoms with E-state index in [1.165, 1.54) is 11.3 Å². The number of nitrogens with one attached hydrogen (secondary N) is 1. The summed E-state index contributed by atoms with van der Waals surface area (Å²) in [6, 6.07) is 14.5. The molecule has 0 saturated heterocycles. The second kappa shape index (κ2) is 9.50. The molecule has 10 heteroatoms. The van der Waals surface area contributed by atoms with Crippen molar-refractivity contribution in [3.05, 3.63) is 69.0 Å². The zero-order chi connectivity index (χ0) is 23.8. The fourth-order valence-corrected chi connectivity index (χ4v) is 4.58. The van der Waals surface area contributed by atoms with Crippen molar-refractivity contribution in [3.63, 3.8) is 0 Å². The molecule has 33 heavy (non-hydrogen) atoms. The van der Waals surface area contributed by atoms with Crippen LogP contribution in [0.4, 0.5) is 0 Å². The van der Waals surface area contributed by atoms with E-state index in [2.05, 4.69) is 10.3 Å². The summed E-state index contributed by atoms with van der Waals surface area (Å²) in [7, 11) is 0. The SMILES string of the molecule is CC(C)CC(=O)N[C@H](Oc1ccc(/C=c2\sc3nc4ccccc4n3c2=O)cc1)C(Cl)(Cl)Cl. The summed E-state index contributed by atoms with van der Waals surface area (Å²) < 4.78 is 6.06. The Labute approximate surface area is 208 Å². The lowest BCUT2D eigenvalue weighted by Gasteiger charge is -2.26. The molecule has 2 aromatic carbocycles. The van der Waals surface area contributed by atoms with Gasteiger partial charge in [0.25, 0.3) is 5.56 Å². The predicted molar refractivity (Wildman–Crippen MR) is 134 cm³/mol. The first-order valence-electron chi connectivity index (χ1n) is 10.2. The Morgan fingerprint density at radius 2 is 1.88 bits per heavy atom. The van der Waals surface area contributed by atoms with Crippen molar-refractivity contribution in [1.29, 1.82) is 0 Å². The van der Waals surface area contributed by atoms with Crippen LogP contribution in [-0.2, 0) is 4.79 Å². The van der Waals surface area contributed by atoms with Crippen molar-refractivity contribution in [2.45, 2.75) is 30.3 Å². The highest BCUT2D eigenvalue weighted by molar-refractivity contribution is 7.15. The second-order valence-corrected chi connectivity index (χ2v) is 11.3. The standard InChI is InChI=1S/C23H20Cl3N3O3S/c1-13(2)11-19(30)28-21(23(24,25)26)32-15-9-7-14(8-10-15)12-18-20(31)29-17-6-4-3-5-16(17)27-22(29)33-18/h3-10,12-13,21H,11H2,1-2H3,(H,28,30)/b18-12-/t21-/m1/s1. The van der Waals surface area contributed by atoms with Gasteiger partial charge in [-0.1, -0.05) is 84.3 Å². The number of ether oxygens (including phenoxy) is 1. The van der Waals surface area contributed by atoms with Crippen LogP contribution in [-0.4, -0.2) is 25.3 Å². The van der Waals surface area contributed by atoms with Crippen molar-refractivity contribution in [3.8, 4) is 5.75 Å². The Balaban J connectivity index is 1.56. The van der Waals surface area contributed by atoms with Gasteiger partial charge in [-0.2, -0.15) is 0 Å². The van der Waals surface area contributed by atoms with Crippen LogP contribution in [0.1, 0.15) is 25.8 Å². The fourth-order valence-electron chi connectivity index (χ4n) is 3.30. The summed E-state index contributed by atoms with van der Waals surface area (Å²) in [5.74, 6) is 0.284. The summed E-state index contributed by atoms with van der Waals surface area (Å²) in [6.07, 6.45) is 0.915. The van der Waals surface area contributed by atoms with Crippen molar-refractivity contribution in [2.24, 2.45) is 5.92 Å². The molecule has 0 aliphatic rings. The van der Waals surface area contributed by atoms with Gasteiger partial charge in [0.15, 0.2) is 4.96 Å². The minimum Gasteiger partial charge on any atom is -0.466 e. The van der Waals surface area contributed by atoms with Crippen LogP contribution in [0.2, 0.25) is 0 Å². The third kappa shape index (κ3) is 5.44. The minimum absolute atomic E-state index is 0.117. The molecular formula is C23H20Cl3N3O3S. The van der Waals surface area contributed by atoms with Crippen molar-refractivity contribution >= 4 is 74.1 Å². The lowest BCUT2D eigenvalue weighted by Crippen LogP contribution is -2.48. The molecule has 0 aliphatic heterocycles. The monoisotopic (exact) mass is 523 g/mol. The highest BCUT2D eigenvalue weighted by Gasteiger charge is 2.36. The van der Waals surface area contributed by atoms with E-state index in [0.29, 0.717) is 15.2 Å². The van der Waals surface area contributed by atoms with Crippen LogP contribution < -0.4 is 20.1 Å². The molecule has 1 amide bonds. The smallest absolute Gasteiger partial charge is 0.274 e. The van der Waals surface area contributed by atoms with Gasteiger partial charge in [0.1, 0.15) is 5.75 Å². The number of halogens is 3. The Morgan fingerprint density at radius 3 is 2.55 bits per heavy atom. The number of rotatable bonds is 6. The van der Waals surface area contributed by atoms with E-state index >= 15 is 0 Å². The number of hydrogen-bond acceptors (Lipinski definition) is 5. The Hall–Kier alpha value is -2.32. The maximum Gasteiger partial charge on any atom is 0.274 e. The third-order valence-electron chi connectivity index (χ3n) is 4.76. The number of benzene rings is 2. The number of alkyl halides is 3. The molecular weight excluding hydrogens is 505 g/mol. The molecule has 2 aromatic heterocycles. The molecule has 172 valence electrons. The molecule has 0 spiro atoms. The van der Waals surface area contributed by atoms with Crippen LogP contribution in [0.15, 0.2) is 53.3 Å². The van der Waals surface area contributed by atoms with Gasteiger partial charge < -0.3 is 10.1 Å². The highest BCUT2D eigenvalue weighted by atomic mass is 35.6. The summed E-state index contributed by atoms with van der Waals surface area (Å²) in [5.41, 5.74) is 2.25. The summed E-state index contributed by atoms with van der Waals surface area (Å²) in [6.45, 7) is 3.84. The molecule has 0 saturated carbocycles. The first kappa shape index (κ1) is 23.8. The molecule has 0 bridgehead atoms. The largest absolute Gasteiger partial charge is 0.466 e. The van der Waals surface area contributed by atoms with Gasteiger partial charge in [-0.3, -0.25) is 9.59 Å². The maximum absolute atomic E-state index is 12.9. The van der Waals surface area contributed by atoms with Gasteiger partial charge in [0.2, 0.25) is 15.9 Å². The van der Waals surface area contributed by atoms with Crippen LogP contribution in [0.5, 0.6) is 5.75 Å². The molecule has 0 fully saturated rings. The molecule has 0 unspecified atom stereocenters. The number of fused-ring (bicyclic) bond motifs is 3. The number of aromatic nitrogens is 2. The Bertz CT molecular complexity index is 1410. The molecule has 0 aliphatic carbocycles. The van der Waals surface area contributed by atoms with Crippen LogP contribution in [0, 0.1) is 5.92 Å². The molecule has 2 heterocycles. The van der Waals surface area contributed by atoms with E-state index in [0.717, 1.165) is 16.6 Å². The van der Waals surface area contributed by atoms with Crippen molar-refractivity contribution in [1.82, 2.24) is 14.7 Å². The van der Waals surface area contributed by atoms with Gasteiger partial charge in [0, 0.05) is 6.42 Å². The van der Waals surface area contributed by atoms with E-state index in [9.17, 15) is 9.59 Å². The molecule has 1 N–H and O–H groups in total. The summed E-state index contributed by atoms with van der Waals surface area (Å²) in [5, 5.41) is 2.61. The third-order valence-corrected chi connectivity index (χ3v) is 6.32. The van der Waals surface area contributed by atoms with Crippen LogP contribution in [0.3, 0.4) is 0 Å². The average Bonchev–Trinajstić information content (AvgIpc) is 3.24. The van der Waals surface area contributed by atoms with Crippen molar-refractivity contribution in [2.75, 3.05) is 0 Å². The first-order valence-corrected chi connectivity index (χ1v) is 12.1. The maximum atomic E-state index is 12.9.